The zero-order valence-corrected chi connectivity index (χ0v) is 13.9. The normalized spacial score (nSPS) is 20.2. The molecule has 1 heterocycles. The molecule has 3 rings (SSSR count). The molecule has 6 heteroatoms. The van der Waals surface area contributed by atoms with Crippen LogP contribution in [-0.4, -0.2) is 42.5 Å². The fraction of sp³-hybridized carbons (Fsp3) is 0.263. The van der Waals surface area contributed by atoms with E-state index in [1.165, 1.54) is 5.56 Å². The number of benzene rings is 2. The number of carbonyl (C=O) groups excluding carboxylic acids is 2. The van der Waals surface area contributed by atoms with Crippen molar-refractivity contribution >= 4 is 17.6 Å². The molecular weight excluding hydrogens is 316 g/mol. The predicted octanol–water partition coefficient (Wildman–Crippen LogP) is 1.76. The fourth-order valence-electron chi connectivity index (χ4n) is 3.15. The second kappa shape index (κ2) is 7.92. The minimum Gasteiger partial charge on any atom is -0.326 e. The van der Waals surface area contributed by atoms with E-state index in [0.717, 1.165) is 0 Å². The van der Waals surface area contributed by atoms with Crippen LogP contribution in [-0.2, 0) is 4.79 Å². The van der Waals surface area contributed by atoms with Crippen LogP contribution in [0.25, 0.3) is 0 Å². The van der Waals surface area contributed by atoms with Gasteiger partial charge in [0.15, 0.2) is 0 Å². The van der Waals surface area contributed by atoms with Crippen molar-refractivity contribution in [1.29, 1.82) is 0 Å². The number of carbonyl (C=O) groups is 2. The van der Waals surface area contributed by atoms with Gasteiger partial charge in [0.1, 0.15) is 0 Å². The van der Waals surface area contributed by atoms with Crippen molar-refractivity contribution in [2.24, 2.45) is 5.73 Å². The Morgan fingerprint density at radius 1 is 1.00 bits per heavy atom. The Hall–Kier alpha value is -2.70. The zero-order valence-electron chi connectivity index (χ0n) is 13.9. The van der Waals surface area contributed by atoms with Crippen molar-refractivity contribution in [3.8, 4) is 0 Å². The third-order valence-corrected chi connectivity index (χ3v) is 4.32. The summed E-state index contributed by atoms with van der Waals surface area (Å²) >= 11 is 0. The molecule has 2 aromatic carbocycles. The third-order valence-electron chi connectivity index (χ3n) is 4.32. The molecule has 4 N–H and O–H groups in total. The van der Waals surface area contributed by atoms with Gasteiger partial charge >= 0.3 is 6.03 Å². The molecule has 1 saturated heterocycles. The molecule has 130 valence electrons. The minimum atomic E-state index is -0.528. The van der Waals surface area contributed by atoms with Gasteiger partial charge < -0.3 is 11.1 Å². The van der Waals surface area contributed by atoms with E-state index in [9.17, 15) is 9.59 Å². The number of para-hydroxylation sites is 1. The van der Waals surface area contributed by atoms with E-state index in [2.05, 4.69) is 22.8 Å². The molecule has 3 amide bonds. The van der Waals surface area contributed by atoms with Gasteiger partial charge in [-0.3, -0.25) is 15.0 Å². The number of urea groups is 1. The number of hydrogen-bond acceptors (Lipinski definition) is 4. The second-order valence-electron chi connectivity index (χ2n) is 6.24. The highest BCUT2D eigenvalue weighted by Crippen LogP contribution is 2.25. The van der Waals surface area contributed by atoms with Crippen molar-refractivity contribution in [1.82, 2.24) is 10.2 Å². The van der Waals surface area contributed by atoms with Gasteiger partial charge in [-0.2, -0.15) is 0 Å². The number of anilines is 1. The van der Waals surface area contributed by atoms with Crippen molar-refractivity contribution in [3.63, 3.8) is 0 Å². The highest BCUT2D eigenvalue weighted by Gasteiger charge is 2.32. The van der Waals surface area contributed by atoms with Gasteiger partial charge in [-0.25, -0.2) is 4.79 Å². The third kappa shape index (κ3) is 4.65. The SMILES string of the molecule is N[C@@H]1CN(CC(=O)NC(=O)Nc2ccccc2)C[C@H]1c1ccccc1. The van der Waals surface area contributed by atoms with Gasteiger partial charge in [0.25, 0.3) is 0 Å². The summed E-state index contributed by atoms with van der Waals surface area (Å²) in [5, 5.41) is 4.98. The lowest BCUT2D eigenvalue weighted by Crippen LogP contribution is -2.41. The first-order valence-corrected chi connectivity index (χ1v) is 8.30. The van der Waals surface area contributed by atoms with E-state index >= 15 is 0 Å². The maximum atomic E-state index is 12.1. The average Bonchev–Trinajstić information content (AvgIpc) is 2.96. The number of nitrogens with zero attached hydrogens (tertiary/aromatic N) is 1. The standard InChI is InChI=1S/C19H22N4O2/c20-17-12-23(11-16(17)14-7-3-1-4-8-14)13-18(24)22-19(25)21-15-9-5-2-6-10-15/h1-10,16-17H,11-13,20H2,(H2,21,22,24,25)/t16-,17+/m0/s1. The van der Waals surface area contributed by atoms with Gasteiger partial charge in [-0.05, 0) is 17.7 Å². The molecule has 0 bridgehead atoms. The number of nitrogens with one attached hydrogen (secondary N) is 2. The number of likely N-dealkylation sites (tertiary alicyclic amines) is 1. The van der Waals surface area contributed by atoms with Crippen LogP contribution >= 0.6 is 0 Å². The van der Waals surface area contributed by atoms with Crippen LogP contribution < -0.4 is 16.4 Å². The van der Waals surface area contributed by atoms with Crippen LogP contribution in [0.2, 0.25) is 0 Å². The van der Waals surface area contributed by atoms with Crippen LogP contribution in [0.15, 0.2) is 60.7 Å². The number of rotatable bonds is 4. The maximum Gasteiger partial charge on any atom is 0.325 e. The Morgan fingerprint density at radius 3 is 2.32 bits per heavy atom. The van der Waals surface area contributed by atoms with Crippen molar-refractivity contribution in [3.05, 3.63) is 66.2 Å². The Morgan fingerprint density at radius 2 is 1.64 bits per heavy atom. The van der Waals surface area contributed by atoms with E-state index in [0.29, 0.717) is 18.8 Å². The molecule has 6 nitrogen and oxygen atoms in total. The van der Waals surface area contributed by atoms with Gasteiger partial charge in [-0.15, -0.1) is 0 Å². The summed E-state index contributed by atoms with van der Waals surface area (Å²) in [6.45, 7) is 1.49. The van der Waals surface area contributed by atoms with Crippen molar-refractivity contribution < 1.29 is 9.59 Å². The summed E-state index contributed by atoms with van der Waals surface area (Å²) in [6.07, 6.45) is 0. The zero-order chi connectivity index (χ0) is 17.6. The van der Waals surface area contributed by atoms with Crippen molar-refractivity contribution in [2.45, 2.75) is 12.0 Å². The first-order valence-electron chi connectivity index (χ1n) is 8.30. The summed E-state index contributed by atoms with van der Waals surface area (Å²) in [4.78, 5) is 25.9. The lowest BCUT2D eigenvalue weighted by atomic mass is 9.95. The highest BCUT2D eigenvalue weighted by molar-refractivity contribution is 6.01. The number of imide groups is 1. The molecule has 0 unspecified atom stereocenters. The Bertz CT molecular complexity index is 721. The second-order valence-corrected chi connectivity index (χ2v) is 6.24. The first kappa shape index (κ1) is 17.1. The molecule has 1 aliphatic heterocycles. The smallest absolute Gasteiger partial charge is 0.325 e. The molecule has 2 atom stereocenters. The van der Waals surface area contributed by atoms with Crippen LogP contribution in [0, 0.1) is 0 Å². The number of amides is 3. The van der Waals surface area contributed by atoms with Crippen LogP contribution in [0.5, 0.6) is 0 Å². The molecule has 2 aromatic rings. The monoisotopic (exact) mass is 338 g/mol. The summed E-state index contributed by atoms with van der Waals surface area (Å²) in [7, 11) is 0. The maximum absolute atomic E-state index is 12.1. The molecule has 0 aromatic heterocycles. The quantitative estimate of drug-likeness (QED) is 0.793. The average molecular weight is 338 g/mol. The van der Waals surface area contributed by atoms with Gasteiger partial charge in [-0.1, -0.05) is 48.5 Å². The van der Waals surface area contributed by atoms with Gasteiger partial charge in [0, 0.05) is 30.7 Å². The molecule has 25 heavy (non-hydrogen) atoms. The molecule has 0 saturated carbocycles. The minimum absolute atomic E-state index is 0.0201. The summed E-state index contributed by atoms with van der Waals surface area (Å²) < 4.78 is 0. The number of hydrogen-bond donors (Lipinski definition) is 3. The van der Waals surface area contributed by atoms with Gasteiger partial charge in [0.2, 0.25) is 5.91 Å². The first-order chi connectivity index (χ1) is 12.1. The summed E-state index contributed by atoms with van der Waals surface area (Å²) in [5.74, 6) is -0.138. The Balaban J connectivity index is 1.49. The largest absolute Gasteiger partial charge is 0.326 e. The van der Waals surface area contributed by atoms with Crippen LogP contribution in [0.3, 0.4) is 0 Å². The van der Waals surface area contributed by atoms with E-state index in [1.54, 1.807) is 12.1 Å². The number of nitrogens with two attached hydrogens (primary N) is 1. The topological polar surface area (TPSA) is 87.5 Å². The van der Waals surface area contributed by atoms with Crippen LogP contribution in [0.1, 0.15) is 11.5 Å². The highest BCUT2D eigenvalue weighted by atomic mass is 16.2. The van der Waals surface area contributed by atoms with E-state index < -0.39 is 6.03 Å². The molecule has 0 radical (unpaired) electrons. The predicted molar refractivity (Wildman–Crippen MR) is 97.2 cm³/mol. The van der Waals surface area contributed by atoms with Crippen molar-refractivity contribution in [2.75, 3.05) is 25.0 Å². The van der Waals surface area contributed by atoms with Gasteiger partial charge in [0.05, 0.1) is 6.54 Å². The Labute approximate surface area is 147 Å². The molecular formula is C19H22N4O2. The molecule has 0 spiro atoms. The lowest BCUT2D eigenvalue weighted by Gasteiger charge is -2.15. The fourth-order valence-corrected chi connectivity index (χ4v) is 3.15. The summed E-state index contributed by atoms with van der Waals surface area (Å²) in [6, 6.07) is 18.5. The molecule has 0 aliphatic carbocycles. The molecule has 1 fully saturated rings. The lowest BCUT2D eigenvalue weighted by molar-refractivity contribution is -0.120. The summed E-state index contributed by atoms with van der Waals surface area (Å²) in [5.41, 5.74) is 8.05. The Kier molecular flexibility index (Phi) is 5.42. The van der Waals surface area contributed by atoms with Crippen LogP contribution in [0.4, 0.5) is 10.5 Å². The van der Waals surface area contributed by atoms with E-state index in [4.69, 9.17) is 5.73 Å². The van der Waals surface area contributed by atoms with E-state index in [1.807, 2.05) is 41.3 Å². The van der Waals surface area contributed by atoms with E-state index in [-0.39, 0.29) is 24.4 Å². The molecule has 1 aliphatic rings.